The molecule has 1 aromatic carbocycles. The van der Waals surface area contributed by atoms with Crippen LogP contribution in [0.25, 0.3) is 0 Å². The number of carbonyl (C=O) groups is 1. The summed E-state index contributed by atoms with van der Waals surface area (Å²) in [5.41, 5.74) is 1.05. The minimum atomic E-state index is -0.244. The van der Waals surface area contributed by atoms with Crippen molar-refractivity contribution in [2.24, 2.45) is 0 Å². The Morgan fingerprint density at radius 3 is 3.00 bits per heavy atom. The quantitative estimate of drug-likeness (QED) is 0.790. The summed E-state index contributed by atoms with van der Waals surface area (Å²) >= 11 is 1.84. The maximum absolute atomic E-state index is 12.7. The van der Waals surface area contributed by atoms with Gasteiger partial charge in [0.25, 0.3) is 5.91 Å². The molecule has 1 aromatic rings. The average Bonchev–Trinajstić information content (AvgIpc) is 2.74. The fraction of sp³-hybridized carbons (Fsp3) is 0.533. The van der Waals surface area contributed by atoms with Crippen LogP contribution >= 0.6 is 11.8 Å². The largest absolute Gasteiger partial charge is 0.365 e. The highest BCUT2D eigenvalue weighted by Crippen LogP contribution is 2.35. The molecule has 2 aliphatic rings. The number of carbonyl (C=O) groups excluding carboxylic acids is 1. The van der Waals surface area contributed by atoms with Crippen LogP contribution in [-0.2, 0) is 9.53 Å². The van der Waals surface area contributed by atoms with Crippen molar-refractivity contribution < 1.29 is 9.53 Å². The zero-order chi connectivity index (χ0) is 13.2. The first-order valence-electron chi connectivity index (χ1n) is 6.94. The Hall–Kier alpha value is -1.00. The molecular formula is C15H19NO2S. The molecule has 4 heteroatoms. The maximum atomic E-state index is 12.7. The lowest BCUT2D eigenvalue weighted by Crippen LogP contribution is -2.40. The second kappa shape index (κ2) is 5.55. The van der Waals surface area contributed by atoms with E-state index >= 15 is 0 Å². The Morgan fingerprint density at radius 1 is 1.37 bits per heavy atom. The minimum absolute atomic E-state index is 0.138. The average molecular weight is 277 g/mol. The molecule has 0 spiro atoms. The van der Waals surface area contributed by atoms with Crippen molar-refractivity contribution in [2.75, 3.05) is 17.2 Å². The summed E-state index contributed by atoms with van der Waals surface area (Å²) in [6.07, 6.45) is 2.84. The van der Waals surface area contributed by atoms with Gasteiger partial charge < -0.3 is 9.64 Å². The summed E-state index contributed by atoms with van der Waals surface area (Å²) < 4.78 is 5.73. The molecule has 1 amide bonds. The maximum Gasteiger partial charge on any atom is 0.256 e. The summed E-state index contributed by atoms with van der Waals surface area (Å²) in [5, 5.41) is 0. The SMILES string of the molecule is CC1CCC(C(=O)N2CCCSc3ccccc32)O1. The van der Waals surface area contributed by atoms with Crippen molar-refractivity contribution >= 4 is 23.4 Å². The van der Waals surface area contributed by atoms with E-state index in [1.165, 1.54) is 4.90 Å². The zero-order valence-electron chi connectivity index (χ0n) is 11.2. The standard InChI is InChI=1S/C15H19NO2S/c1-11-7-8-13(18-11)15(17)16-9-4-10-19-14-6-3-2-5-12(14)16/h2-3,5-6,11,13H,4,7-10H2,1H3. The lowest BCUT2D eigenvalue weighted by molar-refractivity contribution is -0.129. The van der Waals surface area contributed by atoms with Crippen LogP contribution in [0.5, 0.6) is 0 Å². The Labute approximate surface area is 118 Å². The van der Waals surface area contributed by atoms with Crippen LogP contribution in [-0.4, -0.2) is 30.4 Å². The lowest BCUT2D eigenvalue weighted by atomic mass is 10.1. The Balaban J connectivity index is 1.85. The first-order chi connectivity index (χ1) is 9.25. The van der Waals surface area contributed by atoms with Crippen molar-refractivity contribution in [3.05, 3.63) is 24.3 Å². The number of ether oxygens (including phenoxy) is 1. The normalized spacial score (nSPS) is 26.9. The molecule has 0 aromatic heterocycles. The van der Waals surface area contributed by atoms with Gasteiger partial charge in [0.15, 0.2) is 0 Å². The molecule has 2 heterocycles. The summed E-state index contributed by atoms with van der Waals surface area (Å²) in [6, 6.07) is 8.19. The van der Waals surface area contributed by atoms with E-state index in [1.54, 1.807) is 0 Å². The fourth-order valence-corrected chi connectivity index (χ4v) is 3.71. The third-order valence-electron chi connectivity index (χ3n) is 3.71. The van der Waals surface area contributed by atoms with E-state index in [9.17, 15) is 4.79 Å². The second-order valence-corrected chi connectivity index (χ2v) is 6.31. The van der Waals surface area contributed by atoms with Crippen LogP contribution in [0.3, 0.4) is 0 Å². The van der Waals surface area contributed by atoms with Crippen LogP contribution in [0.2, 0.25) is 0 Å². The third kappa shape index (κ3) is 2.65. The molecule has 1 saturated heterocycles. The van der Waals surface area contributed by atoms with Gasteiger partial charge in [-0.3, -0.25) is 4.79 Å². The highest BCUT2D eigenvalue weighted by Gasteiger charge is 2.33. The molecule has 0 aliphatic carbocycles. The van der Waals surface area contributed by atoms with Crippen molar-refractivity contribution in [3.8, 4) is 0 Å². The van der Waals surface area contributed by atoms with Crippen LogP contribution in [0, 0.1) is 0 Å². The van der Waals surface area contributed by atoms with Crippen LogP contribution < -0.4 is 4.90 Å². The van der Waals surface area contributed by atoms with Crippen molar-refractivity contribution in [1.82, 2.24) is 0 Å². The highest BCUT2D eigenvalue weighted by atomic mass is 32.2. The van der Waals surface area contributed by atoms with Crippen LogP contribution in [0.4, 0.5) is 5.69 Å². The van der Waals surface area contributed by atoms with E-state index in [2.05, 4.69) is 6.07 Å². The number of para-hydroxylation sites is 1. The number of hydrogen-bond donors (Lipinski definition) is 0. The molecule has 0 saturated carbocycles. The van der Waals surface area contributed by atoms with E-state index in [4.69, 9.17) is 4.74 Å². The number of thioether (sulfide) groups is 1. The molecule has 102 valence electrons. The minimum Gasteiger partial charge on any atom is -0.365 e. The number of nitrogens with zero attached hydrogens (tertiary/aromatic N) is 1. The summed E-state index contributed by atoms with van der Waals surface area (Å²) in [4.78, 5) is 15.8. The van der Waals surface area contributed by atoms with Gasteiger partial charge in [-0.05, 0) is 44.1 Å². The molecule has 19 heavy (non-hydrogen) atoms. The van der Waals surface area contributed by atoms with Crippen molar-refractivity contribution in [2.45, 2.75) is 43.3 Å². The predicted octanol–water partition coefficient (Wildman–Crippen LogP) is 3.08. The molecule has 2 unspecified atom stereocenters. The molecule has 2 aliphatic heterocycles. The van der Waals surface area contributed by atoms with E-state index in [1.807, 2.05) is 41.8 Å². The first kappa shape index (κ1) is 13.0. The lowest BCUT2D eigenvalue weighted by Gasteiger charge is -2.25. The van der Waals surface area contributed by atoms with Crippen molar-refractivity contribution in [1.29, 1.82) is 0 Å². The molecule has 3 rings (SSSR count). The number of hydrogen-bond acceptors (Lipinski definition) is 3. The Bertz CT molecular complexity index is 477. The Kier molecular flexibility index (Phi) is 3.80. The molecular weight excluding hydrogens is 258 g/mol. The van der Waals surface area contributed by atoms with E-state index in [-0.39, 0.29) is 18.1 Å². The zero-order valence-corrected chi connectivity index (χ0v) is 12.0. The smallest absolute Gasteiger partial charge is 0.256 e. The van der Waals surface area contributed by atoms with Gasteiger partial charge in [0.05, 0.1) is 11.8 Å². The number of anilines is 1. The number of benzene rings is 1. The molecule has 3 nitrogen and oxygen atoms in total. The van der Waals surface area contributed by atoms with Gasteiger partial charge in [-0.15, -0.1) is 11.8 Å². The van der Waals surface area contributed by atoms with Gasteiger partial charge in [-0.1, -0.05) is 12.1 Å². The second-order valence-electron chi connectivity index (χ2n) is 5.17. The van der Waals surface area contributed by atoms with Gasteiger partial charge in [0, 0.05) is 11.4 Å². The fourth-order valence-electron chi connectivity index (χ4n) is 2.71. The van der Waals surface area contributed by atoms with E-state index in [0.717, 1.165) is 37.2 Å². The van der Waals surface area contributed by atoms with Crippen molar-refractivity contribution in [3.63, 3.8) is 0 Å². The predicted molar refractivity (Wildman–Crippen MR) is 77.7 cm³/mol. The monoisotopic (exact) mass is 277 g/mol. The van der Waals surface area contributed by atoms with Gasteiger partial charge >= 0.3 is 0 Å². The molecule has 2 atom stereocenters. The first-order valence-corrected chi connectivity index (χ1v) is 7.93. The number of fused-ring (bicyclic) bond motifs is 1. The number of rotatable bonds is 1. The van der Waals surface area contributed by atoms with Gasteiger partial charge in [-0.2, -0.15) is 0 Å². The van der Waals surface area contributed by atoms with Gasteiger partial charge in [-0.25, -0.2) is 0 Å². The molecule has 0 radical (unpaired) electrons. The Morgan fingerprint density at radius 2 is 2.21 bits per heavy atom. The van der Waals surface area contributed by atoms with E-state index < -0.39 is 0 Å². The molecule has 0 bridgehead atoms. The van der Waals surface area contributed by atoms with Gasteiger partial charge in [0.1, 0.15) is 6.10 Å². The van der Waals surface area contributed by atoms with Crippen LogP contribution in [0.15, 0.2) is 29.2 Å². The molecule has 1 fully saturated rings. The number of amides is 1. The topological polar surface area (TPSA) is 29.5 Å². The van der Waals surface area contributed by atoms with E-state index in [0.29, 0.717) is 0 Å². The molecule has 0 N–H and O–H groups in total. The summed E-state index contributed by atoms with van der Waals surface area (Å²) in [7, 11) is 0. The highest BCUT2D eigenvalue weighted by molar-refractivity contribution is 7.99. The summed E-state index contributed by atoms with van der Waals surface area (Å²) in [5.74, 6) is 1.21. The third-order valence-corrected chi connectivity index (χ3v) is 4.86. The van der Waals surface area contributed by atoms with Gasteiger partial charge in [0.2, 0.25) is 0 Å². The van der Waals surface area contributed by atoms with Crippen LogP contribution in [0.1, 0.15) is 26.2 Å². The summed E-state index contributed by atoms with van der Waals surface area (Å²) in [6.45, 7) is 2.84.